The number of thioether (sulfide) groups is 1. The van der Waals surface area contributed by atoms with Gasteiger partial charge in [-0.1, -0.05) is 23.8 Å². The van der Waals surface area contributed by atoms with E-state index < -0.39 is 0 Å². The van der Waals surface area contributed by atoms with Gasteiger partial charge in [-0.3, -0.25) is 0 Å². The van der Waals surface area contributed by atoms with Crippen LogP contribution in [0.15, 0.2) is 34.7 Å². The lowest BCUT2D eigenvalue weighted by molar-refractivity contribution is 1.71. The summed E-state index contributed by atoms with van der Waals surface area (Å²) in [7, 11) is 0. The molecule has 0 fully saturated rings. The summed E-state index contributed by atoms with van der Waals surface area (Å²) in [5, 5.41) is 2.74. The first kappa shape index (κ1) is 9.86. The van der Waals surface area contributed by atoms with Gasteiger partial charge in [-0.05, 0) is 30.7 Å². The van der Waals surface area contributed by atoms with Crippen LogP contribution in [0.1, 0.15) is 6.92 Å². The van der Waals surface area contributed by atoms with Crippen LogP contribution in [-0.2, 0) is 0 Å². The maximum Gasteiger partial charge on any atom is 0.0402 e. The van der Waals surface area contributed by atoms with E-state index in [9.17, 15) is 0 Å². The standard InChI is InChI=1S/C8H11ClS/c1-3-5-8(9)6-4-7-10-2/h3-7H,1-2H3/b5-3-,7-4+,8-6+. The number of rotatable bonds is 3. The van der Waals surface area contributed by atoms with Crippen molar-refractivity contribution in [1.29, 1.82) is 0 Å². The first-order chi connectivity index (χ1) is 4.81. The van der Waals surface area contributed by atoms with Crippen molar-refractivity contribution in [2.24, 2.45) is 0 Å². The van der Waals surface area contributed by atoms with Crippen LogP contribution in [0.25, 0.3) is 0 Å². The second kappa shape index (κ2) is 6.97. The minimum absolute atomic E-state index is 0.757. The van der Waals surface area contributed by atoms with Gasteiger partial charge in [0, 0.05) is 5.03 Å². The highest BCUT2D eigenvalue weighted by molar-refractivity contribution is 8.01. The molecule has 0 aliphatic carbocycles. The largest absolute Gasteiger partial charge is 0.138 e. The maximum atomic E-state index is 5.73. The summed E-state index contributed by atoms with van der Waals surface area (Å²) in [6.07, 6.45) is 9.55. The highest BCUT2D eigenvalue weighted by Crippen LogP contribution is 2.04. The van der Waals surface area contributed by atoms with Crippen LogP contribution in [0.5, 0.6) is 0 Å². The Morgan fingerprint density at radius 2 is 2.20 bits per heavy atom. The lowest BCUT2D eigenvalue weighted by atomic mass is 10.4. The Balaban J connectivity index is 3.79. The summed E-state index contributed by atoms with van der Waals surface area (Å²) in [6.45, 7) is 1.94. The van der Waals surface area contributed by atoms with Gasteiger partial charge >= 0.3 is 0 Å². The minimum atomic E-state index is 0.757. The first-order valence-corrected chi connectivity index (χ1v) is 4.65. The molecule has 0 N–H and O–H groups in total. The van der Waals surface area contributed by atoms with Gasteiger partial charge in [0.05, 0.1) is 0 Å². The van der Waals surface area contributed by atoms with E-state index in [0.29, 0.717) is 0 Å². The molecule has 0 amide bonds. The molecule has 56 valence electrons. The lowest BCUT2D eigenvalue weighted by Crippen LogP contribution is -1.58. The zero-order valence-electron chi connectivity index (χ0n) is 6.17. The number of hydrogen-bond donors (Lipinski definition) is 0. The fraction of sp³-hybridized carbons (Fsp3) is 0.250. The molecule has 0 atom stereocenters. The molecule has 0 heterocycles. The molecule has 0 aromatic rings. The molecule has 10 heavy (non-hydrogen) atoms. The Morgan fingerprint density at radius 1 is 1.50 bits per heavy atom. The Morgan fingerprint density at radius 3 is 2.70 bits per heavy atom. The van der Waals surface area contributed by atoms with Crippen LogP contribution in [-0.4, -0.2) is 6.26 Å². The van der Waals surface area contributed by atoms with Gasteiger partial charge in [0.2, 0.25) is 0 Å². The summed E-state index contributed by atoms with van der Waals surface area (Å²) in [4.78, 5) is 0. The average Bonchev–Trinajstić information content (AvgIpc) is 1.89. The summed E-state index contributed by atoms with van der Waals surface area (Å²) >= 11 is 7.38. The van der Waals surface area contributed by atoms with Crippen LogP contribution >= 0.6 is 23.4 Å². The highest BCUT2D eigenvalue weighted by Gasteiger charge is 1.77. The van der Waals surface area contributed by atoms with E-state index in [1.54, 1.807) is 11.8 Å². The minimum Gasteiger partial charge on any atom is -0.138 e. The molecular weight excluding hydrogens is 164 g/mol. The first-order valence-electron chi connectivity index (χ1n) is 2.99. The Kier molecular flexibility index (Phi) is 6.88. The molecular formula is C8H11ClS. The molecule has 2 heteroatoms. The fourth-order valence-corrected chi connectivity index (χ4v) is 0.859. The van der Waals surface area contributed by atoms with Gasteiger partial charge in [-0.15, -0.1) is 11.8 Å². The Bertz CT molecular complexity index is 157. The fourth-order valence-electron chi connectivity index (χ4n) is 0.425. The van der Waals surface area contributed by atoms with Crippen LogP contribution in [0.2, 0.25) is 0 Å². The van der Waals surface area contributed by atoms with Crippen molar-refractivity contribution in [1.82, 2.24) is 0 Å². The van der Waals surface area contributed by atoms with Crippen molar-refractivity contribution in [3.05, 3.63) is 34.7 Å². The topological polar surface area (TPSA) is 0 Å². The van der Waals surface area contributed by atoms with E-state index >= 15 is 0 Å². The second-order valence-corrected chi connectivity index (χ2v) is 2.80. The molecule has 0 unspecified atom stereocenters. The number of allylic oxidation sites excluding steroid dienone is 5. The summed E-state index contributed by atoms with van der Waals surface area (Å²) < 4.78 is 0. The predicted molar refractivity (Wildman–Crippen MR) is 51.4 cm³/mol. The molecule has 0 bridgehead atoms. The summed E-state index contributed by atoms with van der Waals surface area (Å²) in [6, 6.07) is 0. The zero-order chi connectivity index (χ0) is 7.82. The molecule has 0 aromatic carbocycles. The molecule has 0 radical (unpaired) electrons. The van der Waals surface area contributed by atoms with Crippen LogP contribution < -0.4 is 0 Å². The third-order valence-corrected chi connectivity index (χ3v) is 1.48. The van der Waals surface area contributed by atoms with E-state index in [4.69, 9.17) is 11.6 Å². The van der Waals surface area contributed by atoms with Gasteiger partial charge < -0.3 is 0 Å². The van der Waals surface area contributed by atoms with E-state index in [0.717, 1.165) is 5.03 Å². The van der Waals surface area contributed by atoms with Gasteiger partial charge in [0.15, 0.2) is 0 Å². The van der Waals surface area contributed by atoms with Crippen molar-refractivity contribution in [3.8, 4) is 0 Å². The van der Waals surface area contributed by atoms with Gasteiger partial charge in [-0.25, -0.2) is 0 Å². The summed E-state index contributed by atoms with van der Waals surface area (Å²) in [5.74, 6) is 0. The zero-order valence-corrected chi connectivity index (χ0v) is 7.75. The lowest BCUT2D eigenvalue weighted by Gasteiger charge is -1.81. The molecule has 0 aromatic heterocycles. The van der Waals surface area contributed by atoms with Crippen molar-refractivity contribution in [2.45, 2.75) is 6.92 Å². The Labute approximate surface area is 71.7 Å². The monoisotopic (exact) mass is 174 g/mol. The molecule has 0 aliphatic rings. The molecule has 0 saturated heterocycles. The van der Waals surface area contributed by atoms with E-state index in [1.165, 1.54) is 0 Å². The average molecular weight is 175 g/mol. The molecule has 0 spiro atoms. The van der Waals surface area contributed by atoms with Gasteiger partial charge in [-0.2, -0.15) is 0 Å². The van der Waals surface area contributed by atoms with Crippen molar-refractivity contribution in [2.75, 3.05) is 6.26 Å². The highest BCUT2D eigenvalue weighted by atomic mass is 35.5. The summed E-state index contributed by atoms with van der Waals surface area (Å²) in [5.41, 5.74) is 0. The quantitative estimate of drug-likeness (QED) is 0.590. The number of halogens is 1. The molecule has 0 nitrogen and oxygen atoms in total. The van der Waals surface area contributed by atoms with Crippen LogP contribution in [0, 0.1) is 0 Å². The maximum absolute atomic E-state index is 5.73. The van der Waals surface area contributed by atoms with Crippen molar-refractivity contribution >= 4 is 23.4 Å². The van der Waals surface area contributed by atoms with Crippen molar-refractivity contribution in [3.63, 3.8) is 0 Å². The van der Waals surface area contributed by atoms with E-state index in [2.05, 4.69) is 0 Å². The molecule has 0 aliphatic heterocycles. The smallest absolute Gasteiger partial charge is 0.0402 e. The Hall–Kier alpha value is -0.140. The van der Waals surface area contributed by atoms with Crippen LogP contribution in [0.4, 0.5) is 0 Å². The number of hydrogen-bond acceptors (Lipinski definition) is 1. The van der Waals surface area contributed by atoms with Crippen LogP contribution in [0.3, 0.4) is 0 Å². The van der Waals surface area contributed by atoms with E-state index in [1.807, 2.05) is 42.9 Å². The van der Waals surface area contributed by atoms with Gasteiger partial charge in [0.25, 0.3) is 0 Å². The van der Waals surface area contributed by atoms with E-state index in [-0.39, 0.29) is 0 Å². The SMILES string of the molecule is C\C=C/C(Cl)=C\C=C\SC. The normalized spacial score (nSPS) is 13.7. The second-order valence-electron chi connectivity index (χ2n) is 1.62. The third kappa shape index (κ3) is 5.99. The van der Waals surface area contributed by atoms with Gasteiger partial charge in [0.1, 0.15) is 0 Å². The predicted octanol–water partition coefficient (Wildman–Crippen LogP) is 3.56. The third-order valence-electron chi connectivity index (χ3n) is 0.796. The molecule has 0 saturated carbocycles. The van der Waals surface area contributed by atoms with Crippen molar-refractivity contribution < 1.29 is 0 Å². The molecule has 0 rings (SSSR count).